The van der Waals surface area contributed by atoms with E-state index in [0.29, 0.717) is 38.1 Å². The number of para-hydroxylation sites is 1. The number of hydrogen-bond donors (Lipinski definition) is 2. The van der Waals surface area contributed by atoms with Crippen molar-refractivity contribution in [1.82, 2.24) is 9.97 Å². The van der Waals surface area contributed by atoms with Crippen molar-refractivity contribution < 1.29 is 14.0 Å². The fourth-order valence-electron chi connectivity index (χ4n) is 2.54. The first kappa shape index (κ1) is 16.9. The number of hydrogen-bond acceptors (Lipinski definition) is 6. The molecule has 0 aliphatic rings. The van der Waals surface area contributed by atoms with Crippen LogP contribution in [0.2, 0.25) is 0 Å². The van der Waals surface area contributed by atoms with Gasteiger partial charge in [0.1, 0.15) is 10.4 Å². The molecule has 0 bridgehead atoms. The average Bonchev–Trinajstić information content (AvgIpc) is 3.28. The first-order valence-corrected chi connectivity index (χ1v) is 8.90. The molecular weight excluding hydrogens is 364 g/mol. The van der Waals surface area contributed by atoms with Gasteiger partial charge < -0.3 is 9.73 Å². The minimum absolute atomic E-state index is 0.263. The lowest BCUT2D eigenvalue weighted by atomic mass is 10.2. The highest BCUT2D eigenvalue weighted by atomic mass is 32.1. The van der Waals surface area contributed by atoms with Gasteiger partial charge in [-0.25, -0.2) is 9.97 Å². The molecule has 27 heavy (non-hydrogen) atoms. The van der Waals surface area contributed by atoms with E-state index < -0.39 is 0 Å². The predicted octanol–water partition coefficient (Wildman–Crippen LogP) is 4.10. The number of carbonyl (C=O) groups excluding carboxylic acids is 2. The first-order chi connectivity index (χ1) is 13.1. The normalized spacial score (nSPS) is 10.7. The van der Waals surface area contributed by atoms with E-state index in [1.165, 1.54) is 6.39 Å². The average molecular weight is 378 g/mol. The van der Waals surface area contributed by atoms with Crippen LogP contribution in [0, 0.1) is 6.92 Å². The first-order valence-electron chi connectivity index (χ1n) is 8.08. The number of benzene rings is 2. The SMILES string of the molecule is Cc1nc(NC(=O)c2ccc3ocnc3c2)sc1C(=O)Nc1ccccc1. The molecule has 2 amide bonds. The summed E-state index contributed by atoms with van der Waals surface area (Å²) < 4.78 is 5.17. The van der Waals surface area contributed by atoms with E-state index in [1.54, 1.807) is 37.3 Å². The largest absolute Gasteiger partial charge is 0.443 e. The number of nitrogens with zero attached hydrogens (tertiary/aromatic N) is 2. The fraction of sp³-hybridized carbons (Fsp3) is 0.0526. The number of anilines is 2. The minimum Gasteiger partial charge on any atom is -0.443 e. The third kappa shape index (κ3) is 3.56. The number of fused-ring (bicyclic) bond motifs is 1. The van der Waals surface area contributed by atoms with E-state index in [2.05, 4.69) is 20.6 Å². The second-order valence-corrected chi connectivity index (χ2v) is 6.74. The highest BCUT2D eigenvalue weighted by Crippen LogP contribution is 2.24. The summed E-state index contributed by atoms with van der Waals surface area (Å²) in [6.07, 6.45) is 1.33. The van der Waals surface area contributed by atoms with E-state index in [4.69, 9.17) is 4.42 Å². The van der Waals surface area contributed by atoms with E-state index in [-0.39, 0.29) is 11.8 Å². The van der Waals surface area contributed by atoms with Gasteiger partial charge in [-0.3, -0.25) is 14.9 Å². The molecule has 134 valence electrons. The molecule has 4 rings (SSSR count). The molecule has 8 heteroatoms. The van der Waals surface area contributed by atoms with Gasteiger partial charge in [0.25, 0.3) is 11.8 Å². The monoisotopic (exact) mass is 378 g/mol. The highest BCUT2D eigenvalue weighted by molar-refractivity contribution is 7.17. The molecule has 2 aromatic carbocycles. The van der Waals surface area contributed by atoms with E-state index in [1.807, 2.05) is 18.2 Å². The van der Waals surface area contributed by atoms with Crippen LogP contribution in [-0.2, 0) is 0 Å². The van der Waals surface area contributed by atoms with E-state index in [9.17, 15) is 9.59 Å². The smallest absolute Gasteiger partial charge is 0.267 e. The third-order valence-corrected chi connectivity index (χ3v) is 4.92. The number of nitrogens with one attached hydrogen (secondary N) is 2. The molecule has 7 nitrogen and oxygen atoms in total. The van der Waals surface area contributed by atoms with Crippen LogP contribution >= 0.6 is 11.3 Å². The second-order valence-electron chi connectivity index (χ2n) is 5.74. The zero-order valence-electron chi connectivity index (χ0n) is 14.2. The van der Waals surface area contributed by atoms with Crippen molar-refractivity contribution in [3.63, 3.8) is 0 Å². The molecule has 0 radical (unpaired) electrons. The Hall–Kier alpha value is -3.52. The summed E-state index contributed by atoms with van der Waals surface area (Å²) in [5, 5.41) is 5.90. The van der Waals surface area contributed by atoms with Gasteiger partial charge in [-0.15, -0.1) is 0 Å². The van der Waals surface area contributed by atoms with Gasteiger partial charge in [-0.1, -0.05) is 29.5 Å². The van der Waals surface area contributed by atoms with Gasteiger partial charge in [0.15, 0.2) is 17.1 Å². The standard InChI is InChI=1S/C19H14N4O3S/c1-11-16(18(25)22-13-5-3-2-4-6-13)27-19(21-11)23-17(24)12-7-8-15-14(9-12)20-10-26-15/h2-10H,1H3,(H,22,25)(H,21,23,24). The lowest BCUT2D eigenvalue weighted by Gasteiger charge is -2.03. The molecule has 0 unspecified atom stereocenters. The summed E-state index contributed by atoms with van der Waals surface area (Å²) >= 11 is 1.13. The van der Waals surface area contributed by atoms with Crippen molar-refractivity contribution in [3.8, 4) is 0 Å². The van der Waals surface area contributed by atoms with Crippen molar-refractivity contribution >= 4 is 45.1 Å². The van der Waals surface area contributed by atoms with Crippen molar-refractivity contribution in [1.29, 1.82) is 0 Å². The molecule has 0 saturated carbocycles. The van der Waals surface area contributed by atoms with Crippen LogP contribution in [0.3, 0.4) is 0 Å². The van der Waals surface area contributed by atoms with Crippen LogP contribution in [0.15, 0.2) is 59.3 Å². The molecule has 0 aliphatic heterocycles. The number of aromatic nitrogens is 2. The Morgan fingerprint density at radius 1 is 1.04 bits per heavy atom. The Balaban J connectivity index is 1.50. The molecule has 0 fully saturated rings. The highest BCUT2D eigenvalue weighted by Gasteiger charge is 2.17. The van der Waals surface area contributed by atoms with Gasteiger partial charge in [0.05, 0.1) is 5.69 Å². The molecule has 2 aromatic heterocycles. The van der Waals surface area contributed by atoms with Crippen molar-refractivity contribution in [2.45, 2.75) is 6.92 Å². The quantitative estimate of drug-likeness (QED) is 0.557. The Morgan fingerprint density at radius 3 is 2.67 bits per heavy atom. The Labute approximate surface area is 158 Å². The molecular formula is C19H14N4O3S. The molecule has 2 heterocycles. The van der Waals surface area contributed by atoms with Crippen LogP contribution in [-0.4, -0.2) is 21.8 Å². The van der Waals surface area contributed by atoms with Crippen LogP contribution in [0.1, 0.15) is 25.7 Å². The molecule has 2 N–H and O–H groups in total. The third-order valence-electron chi connectivity index (χ3n) is 3.85. The number of oxazole rings is 1. The van der Waals surface area contributed by atoms with Gasteiger partial charge in [-0.2, -0.15) is 0 Å². The van der Waals surface area contributed by atoms with Gasteiger partial charge >= 0.3 is 0 Å². The summed E-state index contributed by atoms with van der Waals surface area (Å²) in [5.74, 6) is -0.593. The van der Waals surface area contributed by atoms with E-state index >= 15 is 0 Å². The van der Waals surface area contributed by atoms with Crippen LogP contribution in [0.4, 0.5) is 10.8 Å². The summed E-state index contributed by atoms with van der Waals surface area (Å²) in [5.41, 5.74) is 2.88. The van der Waals surface area contributed by atoms with Gasteiger partial charge in [-0.05, 0) is 37.3 Å². The number of thiazole rings is 1. The van der Waals surface area contributed by atoms with Gasteiger partial charge in [0.2, 0.25) is 0 Å². The number of amides is 2. The van der Waals surface area contributed by atoms with Crippen LogP contribution in [0.25, 0.3) is 11.1 Å². The molecule has 0 spiro atoms. The maximum Gasteiger partial charge on any atom is 0.267 e. The van der Waals surface area contributed by atoms with Gasteiger partial charge in [0, 0.05) is 11.3 Å². The minimum atomic E-state index is -0.330. The summed E-state index contributed by atoms with van der Waals surface area (Å²) in [7, 11) is 0. The number of aryl methyl sites for hydroxylation is 1. The summed E-state index contributed by atoms with van der Waals surface area (Å²) in [6, 6.07) is 14.1. The summed E-state index contributed by atoms with van der Waals surface area (Å²) in [4.78, 5) is 33.7. The molecule has 0 aliphatic carbocycles. The molecule has 4 aromatic rings. The Kier molecular flexibility index (Phi) is 4.39. The molecule has 0 saturated heterocycles. The lowest BCUT2D eigenvalue weighted by molar-refractivity contribution is 0.102. The van der Waals surface area contributed by atoms with Crippen LogP contribution < -0.4 is 10.6 Å². The zero-order chi connectivity index (χ0) is 18.8. The second kappa shape index (κ2) is 7.00. The molecule has 0 atom stereocenters. The fourth-order valence-corrected chi connectivity index (χ4v) is 3.40. The van der Waals surface area contributed by atoms with Crippen molar-refractivity contribution in [2.24, 2.45) is 0 Å². The van der Waals surface area contributed by atoms with Crippen LogP contribution in [0.5, 0.6) is 0 Å². The Bertz CT molecular complexity index is 1130. The maximum atomic E-state index is 12.5. The predicted molar refractivity (Wildman–Crippen MR) is 103 cm³/mol. The topological polar surface area (TPSA) is 97.1 Å². The zero-order valence-corrected chi connectivity index (χ0v) is 15.0. The van der Waals surface area contributed by atoms with Crippen molar-refractivity contribution in [3.05, 3.63) is 71.1 Å². The number of rotatable bonds is 4. The summed E-state index contributed by atoms with van der Waals surface area (Å²) in [6.45, 7) is 1.73. The van der Waals surface area contributed by atoms with E-state index in [0.717, 1.165) is 11.3 Å². The number of carbonyl (C=O) groups is 2. The maximum absolute atomic E-state index is 12.5. The van der Waals surface area contributed by atoms with Crippen molar-refractivity contribution in [2.75, 3.05) is 10.6 Å². The lowest BCUT2D eigenvalue weighted by Crippen LogP contribution is -2.11. The Morgan fingerprint density at radius 2 is 1.85 bits per heavy atom.